The predicted octanol–water partition coefficient (Wildman–Crippen LogP) is 4.06. The smallest absolute Gasteiger partial charge is 0.337 e. The lowest BCUT2D eigenvalue weighted by molar-refractivity contribution is -0.119. The van der Waals surface area contributed by atoms with Gasteiger partial charge in [0.2, 0.25) is 5.91 Å². The van der Waals surface area contributed by atoms with Crippen molar-refractivity contribution < 1.29 is 14.3 Å². The van der Waals surface area contributed by atoms with Crippen LogP contribution in [0.3, 0.4) is 0 Å². The van der Waals surface area contributed by atoms with E-state index in [1.165, 1.54) is 7.11 Å². The van der Waals surface area contributed by atoms with Crippen LogP contribution < -0.4 is 10.6 Å². The number of ether oxygens (including phenoxy) is 1. The number of anilines is 1. The molecule has 144 valence electrons. The minimum Gasteiger partial charge on any atom is -0.465 e. The average molecular weight is 418 g/mol. The van der Waals surface area contributed by atoms with E-state index in [4.69, 9.17) is 27.9 Å². The van der Waals surface area contributed by atoms with Gasteiger partial charge < -0.3 is 15.4 Å². The molecule has 28 heavy (non-hydrogen) atoms. The van der Waals surface area contributed by atoms with E-state index in [1.807, 2.05) is 18.2 Å². The number of benzene rings is 2. The van der Waals surface area contributed by atoms with Crippen molar-refractivity contribution in [3.05, 3.63) is 70.0 Å². The molecule has 1 amide bonds. The average Bonchev–Trinajstić information content (AvgIpc) is 2.69. The van der Waals surface area contributed by atoms with Gasteiger partial charge in [0, 0.05) is 22.3 Å². The molecule has 0 spiro atoms. The van der Waals surface area contributed by atoms with Crippen LogP contribution in [0, 0.1) is 0 Å². The molecular weight excluding hydrogens is 401 g/mol. The van der Waals surface area contributed by atoms with Crippen LogP contribution in [0.4, 0.5) is 5.69 Å². The molecule has 0 atom stereocenters. The molecule has 1 aromatic heterocycles. The molecule has 8 heteroatoms. The van der Waals surface area contributed by atoms with Crippen molar-refractivity contribution >= 4 is 51.5 Å². The SMILES string of the molecule is COC(=O)c1cc(NCC(=O)NCc2ccccn2)c2c(Cl)cc(Cl)cc2c1. The lowest BCUT2D eigenvalue weighted by atomic mass is 10.0. The standard InChI is InChI=1S/C20H17Cl2N3O3/c1-28-20(27)13-6-12-7-14(21)9-16(22)19(12)17(8-13)24-11-18(26)25-10-15-4-2-3-5-23-15/h2-9,24H,10-11H2,1H3,(H,25,26). The number of rotatable bonds is 6. The quantitative estimate of drug-likeness (QED) is 0.591. The van der Waals surface area contributed by atoms with E-state index >= 15 is 0 Å². The topological polar surface area (TPSA) is 80.3 Å². The highest BCUT2D eigenvalue weighted by atomic mass is 35.5. The number of esters is 1. The number of fused-ring (bicyclic) bond motifs is 1. The van der Waals surface area contributed by atoms with E-state index in [1.54, 1.807) is 30.5 Å². The van der Waals surface area contributed by atoms with Crippen LogP contribution in [-0.4, -0.2) is 30.5 Å². The van der Waals surface area contributed by atoms with Crippen molar-refractivity contribution in [1.82, 2.24) is 10.3 Å². The first kappa shape index (κ1) is 19.9. The number of carbonyl (C=O) groups excluding carboxylic acids is 2. The third kappa shape index (κ3) is 4.71. The van der Waals surface area contributed by atoms with Gasteiger partial charge in [-0.3, -0.25) is 9.78 Å². The number of aromatic nitrogens is 1. The first-order chi connectivity index (χ1) is 13.5. The molecule has 0 aliphatic rings. The number of pyridine rings is 1. The number of halogens is 2. The van der Waals surface area contributed by atoms with Gasteiger partial charge in [0.15, 0.2) is 0 Å². The second-order valence-electron chi connectivity index (χ2n) is 5.95. The molecule has 0 unspecified atom stereocenters. The fraction of sp³-hybridized carbons (Fsp3) is 0.150. The number of nitrogens with one attached hydrogen (secondary N) is 2. The first-order valence-electron chi connectivity index (χ1n) is 8.39. The van der Waals surface area contributed by atoms with Gasteiger partial charge in [-0.15, -0.1) is 0 Å². The minimum atomic E-state index is -0.499. The zero-order valence-corrected chi connectivity index (χ0v) is 16.5. The van der Waals surface area contributed by atoms with E-state index in [9.17, 15) is 9.59 Å². The molecule has 0 fully saturated rings. The first-order valence-corrected chi connectivity index (χ1v) is 9.15. The van der Waals surface area contributed by atoms with Gasteiger partial charge in [-0.25, -0.2) is 4.79 Å². The Morgan fingerprint density at radius 1 is 1.14 bits per heavy atom. The summed E-state index contributed by atoms with van der Waals surface area (Å²) in [7, 11) is 1.30. The van der Waals surface area contributed by atoms with Crippen LogP contribution in [0.5, 0.6) is 0 Å². The highest BCUT2D eigenvalue weighted by Gasteiger charge is 2.14. The molecule has 0 saturated heterocycles. The van der Waals surface area contributed by atoms with Gasteiger partial charge in [-0.05, 0) is 41.8 Å². The van der Waals surface area contributed by atoms with Crippen LogP contribution in [0.2, 0.25) is 10.0 Å². The summed E-state index contributed by atoms with van der Waals surface area (Å²) in [6.45, 7) is 0.312. The van der Waals surface area contributed by atoms with E-state index in [0.717, 1.165) is 5.69 Å². The zero-order chi connectivity index (χ0) is 20.1. The Balaban J connectivity index is 1.80. The van der Waals surface area contributed by atoms with Gasteiger partial charge >= 0.3 is 5.97 Å². The monoisotopic (exact) mass is 417 g/mol. The Bertz CT molecular complexity index is 1030. The van der Waals surface area contributed by atoms with Gasteiger partial charge in [0.25, 0.3) is 0 Å². The number of amides is 1. The maximum absolute atomic E-state index is 12.2. The van der Waals surface area contributed by atoms with Crippen molar-refractivity contribution in [2.24, 2.45) is 0 Å². The van der Waals surface area contributed by atoms with Crippen molar-refractivity contribution in [1.29, 1.82) is 0 Å². The van der Waals surface area contributed by atoms with Crippen molar-refractivity contribution in [3.8, 4) is 0 Å². The summed E-state index contributed by atoms with van der Waals surface area (Å²) < 4.78 is 4.79. The number of hydrogen-bond donors (Lipinski definition) is 2. The largest absolute Gasteiger partial charge is 0.465 e. The highest BCUT2D eigenvalue weighted by molar-refractivity contribution is 6.39. The molecule has 2 aromatic carbocycles. The lowest BCUT2D eigenvalue weighted by Crippen LogP contribution is -2.29. The summed E-state index contributed by atoms with van der Waals surface area (Å²) in [6, 6.07) is 12.0. The lowest BCUT2D eigenvalue weighted by Gasteiger charge is -2.14. The molecule has 0 radical (unpaired) electrons. The van der Waals surface area contributed by atoms with Crippen LogP contribution >= 0.6 is 23.2 Å². The van der Waals surface area contributed by atoms with Crippen molar-refractivity contribution in [2.45, 2.75) is 6.54 Å². The van der Waals surface area contributed by atoms with E-state index in [-0.39, 0.29) is 12.5 Å². The number of carbonyl (C=O) groups is 2. The molecule has 3 aromatic rings. The molecule has 1 heterocycles. The Morgan fingerprint density at radius 3 is 2.68 bits per heavy atom. The Labute approximate surface area is 171 Å². The number of nitrogens with zero attached hydrogens (tertiary/aromatic N) is 1. The molecule has 0 bridgehead atoms. The van der Waals surface area contributed by atoms with Crippen molar-refractivity contribution in [3.63, 3.8) is 0 Å². The fourth-order valence-corrected chi connectivity index (χ4v) is 3.34. The van der Waals surface area contributed by atoms with E-state index < -0.39 is 5.97 Å². The number of hydrogen-bond acceptors (Lipinski definition) is 5. The third-order valence-electron chi connectivity index (χ3n) is 4.02. The Morgan fingerprint density at radius 2 is 1.96 bits per heavy atom. The molecule has 2 N–H and O–H groups in total. The second-order valence-corrected chi connectivity index (χ2v) is 6.80. The van der Waals surface area contributed by atoms with Crippen LogP contribution in [0.25, 0.3) is 10.8 Å². The highest BCUT2D eigenvalue weighted by Crippen LogP contribution is 2.34. The summed E-state index contributed by atoms with van der Waals surface area (Å²) in [4.78, 5) is 28.3. The second kappa shape index (κ2) is 8.91. The van der Waals surface area contributed by atoms with Gasteiger partial charge in [0.05, 0.1) is 36.5 Å². The zero-order valence-electron chi connectivity index (χ0n) is 15.0. The Kier molecular flexibility index (Phi) is 6.34. The summed E-state index contributed by atoms with van der Waals surface area (Å²) in [5.41, 5.74) is 1.61. The van der Waals surface area contributed by atoms with Gasteiger partial charge in [-0.1, -0.05) is 29.3 Å². The normalized spacial score (nSPS) is 10.5. The molecule has 0 saturated carbocycles. The molecule has 0 aliphatic heterocycles. The van der Waals surface area contributed by atoms with Crippen LogP contribution in [0.1, 0.15) is 16.1 Å². The Hall–Kier alpha value is -2.83. The maximum Gasteiger partial charge on any atom is 0.337 e. The molecule has 6 nitrogen and oxygen atoms in total. The summed E-state index contributed by atoms with van der Waals surface area (Å²) >= 11 is 12.4. The summed E-state index contributed by atoms with van der Waals surface area (Å²) in [5.74, 6) is -0.729. The molecular formula is C20H17Cl2N3O3. The summed E-state index contributed by atoms with van der Waals surface area (Å²) in [6.07, 6.45) is 1.66. The van der Waals surface area contributed by atoms with Crippen molar-refractivity contribution in [2.75, 3.05) is 19.0 Å². The number of methoxy groups -OCH3 is 1. The van der Waals surface area contributed by atoms with Crippen LogP contribution in [-0.2, 0) is 16.1 Å². The molecule has 3 rings (SSSR count). The molecule has 0 aliphatic carbocycles. The third-order valence-corrected chi connectivity index (χ3v) is 4.54. The fourth-order valence-electron chi connectivity index (χ4n) is 2.73. The van der Waals surface area contributed by atoms with E-state index in [2.05, 4.69) is 15.6 Å². The minimum absolute atomic E-state index is 0.00842. The van der Waals surface area contributed by atoms with Crippen LogP contribution in [0.15, 0.2) is 48.7 Å². The van der Waals surface area contributed by atoms with Gasteiger partial charge in [0.1, 0.15) is 0 Å². The maximum atomic E-state index is 12.2. The van der Waals surface area contributed by atoms with Gasteiger partial charge in [-0.2, -0.15) is 0 Å². The predicted molar refractivity (Wildman–Crippen MR) is 110 cm³/mol. The summed E-state index contributed by atoms with van der Waals surface area (Å²) in [5, 5.41) is 8.00. The van der Waals surface area contributed by atoms with E-state index in [0.29, 0.717) is 38.6 Å².